The standard InChI is InChI=1S/C4H8N2O2/c1-2-3(5)8-4(6)7/h2-3H,1,5H2,(H2,6,7). The maximum atomic E-state index is 9.84. The molecule has 8 heavy (non-hydrogen) atoms. The van der Waals surface area contributed by atoms with Crippen LogP contribution in [-0.4, -0.2) is 12.3 Å². The van der Waals surface area contributed by atoms with Gasteiger partial charge in [-0.25, -0.2) is 4.79 Å². The molecule has 46 valence electrons. The van der Waals surface area contributed by atoms with Gasteiger partial charge >= 0.3 is 6.09 Å². The second-order valence-corrected chi connectivity index (χ2v) is 1.14. The highest BCUT2D eigenvalue weighted by molar-refractivity contribution is 5.64. The molecule has 0 rings (SSSR count). The van der Waals surface area contributed by atoms with E-state index in [0.717, 1.165) is 0 Å². The fourth-order valence-corrected chi connectivity index (χ4v) is 0.182. The Balaban J connectivity index is 3.38. The number of rotatable bonds is 2. The van der Waals surface area contributed by atoms with Crippen LogP contribution in [0.2, 0.25) is 0 Å². The first-order chi connectivity index (χ1) is 3.66. The van der Waals surface area contributed by atoms with Gasteiger partial charge in [-0.15, -0.1) is 0 Å². The maximum absolute atomic E-state index is 9.84. The average molecular weight is 116 g/mol. The molecule has 4 heteroatoms. The molecular weight excluding hydrogens is 108 g/mol. The fraction of sp³-hybridized carbons (Fsp3) is 0.250. The minimum absolute atomic E-state index is 0.785. The van der Waals surface area contributed by atoms with Crippen LogP contribution in [-0.2, 0) is 4.74 Å². The van der Waals surface area contributed by atoms with Gasteiger partial charge < -0.3 is 10.5 Å². The topological polar surface area (TPSA) is 78.3 Å². The largest absolute Gasteiger partial charge is 0.427 e. The van der Waals surface area contributed by atoms with Crippen LogP contribution < -0.4 is 11.5 Å². The molecule has 0 aliphatic carbocycles. The minimum Gasteiger partial charge on any atom is -0.427 e. The molecule has 0 fully saturated rings. The van der Waals surface area contributed by atoms with Crippen molar-refractivity contribution in [2.75, 3.05) is 0 Å². The van der Waals surface area contributed by atoms with E-state index in [2.05, 4.69) is 17.0 Å². The van der Waals surface area contributed by atoms with E-state index in [0.29, 0.717) is 0 Å². The van der Waals surface area contributed by atoms with Gasteiger partial charge in [-0.2, -0.15) is 0 Å². The van der Waals surface area contributed by atoms with Crippen LogP contribution in [0.25, 0.3) is 0 Å². The lowest BCUT2D eigenvalue weighted by Crippen LogP contribution is -2.27. The zero-order valence-electron chi connectivity index (χ0n) is 4.33. The zero-order chi connectivity index (χ0) is 6.57. The van der Waals surface area contributed by atoms with Crippen LogP contribution in [0.1, 0.15) is 0 Å². The molecule has 1 atom stereocenters. The number of nitrogens with two attached hydrogens (primary N) is 2. The number of amides is 1. The number of hydrogen-bond donors (Lipinski definition) is 2. The quantitative estimate of drug-likeness (QED) is 0.379. The Kier molecular flexibility index (Phi) is 2.64. The average Bonchev–Trinajstić information content (AvgIpc) is 1.65. The monoisotopic (exact) mass is 116 g/mol. The molecule has 1 amide bonds. The van der Waals surface area contributed by atoms with E-state index >= 15 is 0 Å². The van der Waals surface area contributed by atoms with Crippen molar-refractivity contribution in [3.05, 3.63) is 12.7 Å². The molecule has 0 aliphatic heterocycles. The molecule has 0 heterocycles. The first-order valence-electron chi connectivity index (χ1n) is 2.01. The van der Waals surface area contributed by atoms with Gasteiger partial charge in [0.25, 0.3) is 0 Å². The summed E-state index contributed by atoms with van der Waals surface area (Å²) in [6.07, 6.45) is -0.407. The fourth-order valence-electron chi connectivity index (χ4n) is 0.182. The molecule has 4 N–H and O–H groups in total. The summed E-state index contributed by atoms with van der Waals surface area (Å²) in [7, 11) is 0. The number of ether oxygens (including phenoxy) is 1. The van der Waals surface area contributed by atoms with Gasteiger partial charge in [0.2, 0.25) is 0 Å². The van der Waals surface area contributed by atoms with Crippen LogP contribution in [0.4, 0.5) is 4.79 Å². The number of carbonyl (C=O) groups is 1. The second-order valence-electron chi connectivity index (χ2n) is 1.14. The summed E-state index contributed by atoms with van der Waals surface area (Å²) >= 11 is 0. The summed E-state index contributed by atoms with van der Waals surface area (Å²) in [6, 6.07) is 0. The third-order valence-electron chi connectivity index (χ3n) is 0.485. The van der Waals surface area contributed by atoms with Crippen molar-refractivity contribution in [1.29, 1.82) is 0 Å². The van der Waals surface area contributed by atoms with Crippen molar-refractivity contribution in [2.45, 2.75) is 6.23 Å². The predicted octanol–water partition coefficient (Wildman–Crippen LogP) is -0.447. The highest BCUT2D eigenvalue weighted by Crippen LogP contribution is 1.80. The molecule has 4 nitrogen and oxygen atoms in total. The van der Waals surface area contributed by atoms with E-state index in [-0.39, 0.29) is 0 Å². The Labute approximate surface area is 47.1 Å². The van der Waals surface area contributed by atoms with Crippen LogP contribution in [0.5, 0.6) is 0 Å². The lowest BCUT2D eigenvalue weighted by molar-refractivity contribution is 0.132. The number of hydrogen-bond acceptors (Lipinski definition) is 3. The molecule has 0 spiro atoms. The van der Waals surface area contributed by atoms with Gasteiger partial charge in [0.1, 0.15) is 0 Å². The highest BCUT2D eigenvalue weighted by Gasteiger charge is 1.97. The van der Waals surface area contributed by atoms with Gasteiger partial charge in [-0.1, -0.05) is 6.58 Å². The normalized spacial score (nSPS) is 12.1. The van der Waals surface area contributed by atoms with Gasteiger partial charge in [-0.3, -0.25) is 5.73 Å². The third-order valence-corrected chi connectivity index (χ3v) is 0.485. The van der Waals surface area contributed by atoms with E-state index < -0.39 is 12.3 Å². The molecule has 0 saturated carbocycles. The first kappa shape index (κ1) is 6.97. The SMILES string of the molecule is C=CC(N)OC(N)=O. The Morgan fingerprint density at radius 2 is 2.38 bits per heavy atom. The van der Waals surface area contributed by atoms with Crippen LogP contribution in [0, 0.1) is 0 Å². The summed E-state index contributed by atoms with van der Waals surface area (Å²) in [4.78, 5) is 9.84. The zero-order valence-corrected chi connectivity index (χ0v) is 4.33. The Bertz CT molecular complexity index is 102. The van der Waals surface area contributed by atoms with Crippen molar-refractivity contribution in [1.82, 2.24) is 0 Å². The van der Waals surface area contributed by atoms with Crippen LogP contribution in [0.15, 0.2) is 12.7 Å². The van der Waals surface area contributed by atoms with E-state index in [1.165, 1.54) is 6.08 Å². The molecule has 0 aliphatic rings. The summed E-state index contributed by atoms with van der Waals surface area (Å²) in [5.74, 6) is 0. The van der Waals surface area contributed by atoms with E-state index in [9.17, 15) is 4.79 Å². The first-order valence-corrected chi connectivity index (χ1v) is 2.01. The molecular formula is C4H8N2O2. The number of primary amides is 1. The van der Waals surface area contributed by atoms with E-state index in [4.69, 9.17) is 5.73 Å². The predicted molar refractivity (Wildman–Crippen MR) is 28.8 cm³/mol. The van der Waals surface area contributed by atoms with Gasteiger partial charge in [0, 0.05) is 0 Å². The lowest BCUT2D eigenvalue weighted by atomic mass is 10.6. The smallest absolute Gasteiger partial charge is 0.406 e. The maximum Gasteiger partial charge on any atom is 0.406 e. The molecule has 0 aromatic rings. The van der Waals surface area contributed by atoms with Gasteiger partial charge in [-0.05, 0) is 6.08 Å². The summed E-state index contributed by atoms with van der Waals surface area (Å²) in [5.41, 5.74) is 9.61. The molecule has 0 aromatic carbocycles. The Morgan fingerprint density at radius 3 is 2.50 bits per heavy atom. The second kappa shape index (κ2) is 3.04. The summed E-state index contributed by atoms with van der Waals surface area (Å²) in [6.45, 7) is 3.26. The van der Waals surface area contributed by atoms with Crippen LogP contribution >= 0.6 is 0 Å². The minimum atomic E-state index is -0.891. The number of carbonyl (C=O) groups excluding carboxylic acids is 1. The van der Waals surface area contributed by atoms with E-state index in [1.807, 2.05) is 0 Å². The van der Waals surface area contributed by atoms with Crippen molar-refractivity contribution in [3.63, 3.8) is 0 Å². The van der Waals surface area contributed by atoms with Crippen molar-refractivity contribution >= 4 is 6.09 Å². The molecule has 0 bridgehead atoms. The van der Waals surface area contributed by atoms with Crippen molar-refractivity contribution < 1.29 is 9.53 Å². The summed E-state index contributed by atoms with van der Waals surface area (Å²) < 4.78 is 4.20. The molecule has 0 radical (unpaired) electrons. The third kappa shape index (κ3) is 3.17. The van der Waals surface area contributed by atoms with Gasteiger partial charge in [0.05, 0.1) is 0 Å². The summed E-state index contributed by atoms with van der Waals surface area (Å²) in [5, 5.41) is 0. The van der Waals surface area contributed by atoms with Crippen LogP contribution in [0.3, 0.4) is 0 Å². The van der Waals surface area contributed by atoms with E-state index in [1.54, 1.807) is 0 Å². The Morgan fingerprint density at radius 1 is 1.88 bits per heavy atom. The lowest BCUT2D eigenvalue weighted by Gasteiger charge is -2.02. The van der Waals surface area contributed by atoms with Gasteiger partial charge in [0.15, 0.2) is 6.23 Å². The molecule has 0 saturated heterocycles. The van der Waals surface area contributed by atoms with Crippen molar-refractivity contribution in [2.24, 2.45) is 11.5 Å². The Hall–Kier alpha value is -1.03. The molecule has 1 unspecified atom stereocenters. The molecule has 0 aromatic heterocycles. The highest BCUT2D eigenvalue weighted by atomic mass is 16.6. The van der Waals surface area contributed by atoms with Crippen molar-refractivity contribution in [3.8, 4) is 0 Å².